The second-order valence-electron chi connectivity index (χ2n) is 3.23. The van der Waals surface area contributed by atoms with Gasteiger partial charge in [0.1, 0.15) is 5.78 Å². The van der Waals surface area contributed by atoms with Gasteiger partial charge in [0.15, 0.2) is 0 Å². The molecule has 2 nitrogen and oxygen atoms in total. The van der Waals surface area contributed by atoms with Crippen molar-refractivity contribution >= 4 is 5.78 Å². The molecule has 2 heteroatoms. The quantitative estimate of drug-likeness (QED) is 0.753. The number of rotatable bonds is 4. The lowest BCUT2D eigenvalue weighted by molar-refractivity contribution is -0.116. The fourth-order valence-corrected chi connectivity index (χ4v) is 1.28. The van der Waals surface area contributed by atoms with Crippen LogP contribution in [0, 0.1) is 0 Å². The first-order chi connectivity index (χ1) is 6.22. The minimum atomic E-state index is 0.201. The Balaban J connectivity index is 2.64. The van der Waals surface area contributed by atoms with Crippen molar-refractivity contribution in [2.75, 3.05) is 6.54 Å². The van der Waals surface area contributed by atoms with Crippen molar-refractivity contribution in [1.82, 2.24) is 0 Å². The molecule has 1 rings (SSSR count). The van der Waals surface area contributed by atoms with Gasteiger partial charge in [0, 0.05) is 6.42 Å². The van der Waals surface area contributed by atoms with E-state index in [9.17, 15) is 4.79 Å². The maximum atomic E-state index is 10.8. The van der Waals surface area contributed by atoms with Crippen LogP contribution in [0.5, 0.6) is 0 Å². The molecule has 1 aromatic rings. The topological polar surface area (TPSA) is 43.1 Å². The Morgan fingerprint density at radius 2 is 1.77 bits per heavy atom. The summed E-state index contributed by atoms with van der Waals surface area (Å²) in [6, 6.07) is 8.05. The summed E-state index contributed by atoms with van der Waals surface area (Å²) < 4.78 is 0. The lowest BCUT2D eigenvalue weighted by Gasteiger charge is -2.00. The molecule has 0 aliphatic carbocycles. The van der Waals surface area contributed by atoms with Crippen LogP contribution in [0.4, 0.5) is 0 Å². The zero-order chi connectivity index (χ0) is 9.68. The molecule has 13 heavy (non-hydrogen) atoms. The SMILES string of the molecule is CC(=O)Cc1ccc(CCN)cc1. The van der Waals surface area contributed by atoms with Gasteiger partial charge in [0.05, 0.1) is 0 Å². The average Bonchev–Trinajstić information content (AvgIpc) is 2.08. The molecule has 0 saturated carbocycles. The summed E-state index contributed by atoms with van der Waals surface area (Å²) in [4.78, 5) is 10.8. The standard InChI is InChI=1S/C11H15NO/c1-9(13)8-11-4-2-10(3-5-11)6-7-12/h2-5H,6-8,12H2,1H3. The summed E-state index contributed by atoms with van der Waals surface area (Å²) in [5.74, 6) is 0.201. The lowest BCUT2D eigenvalue weighted by Crippen LogP contribution is -2.03. The minimum absolute atomic E-state index is 0.201. The first kappa shape index (κ1) is 9.93. The Bertz CT molecular complexity index is 277. The Kier molecular flexibility index (Phi) is 3.65. The molecule has 0 heterocycles. The van der Waals surface area contributed by atoms with Crippen LogP contribution in [0.1, 0.15) is 18.1 Å². The molecule has 70 valence electrons. The van der Waals surface area contributed by atoms with Crippen LogP contribution in [0.15, 0.2) is 24.3 Å². The maximum Gasteiger partial charge on any atom is 0.134 e. The van der Waals surface area contributed by atoms with Crippen molar-refractivity contribution in [3.05, 3.63) is 35.4 Å². The summed E-state index contributed by atoms with van der Waals surface area (Å²) in [6.07, 6.45) is 1.43. The van der Waals surface area contributed by atoms with Crippen molar-refractivity contribution in [2.45, 2.75) is 19.8 Å². The van der Waals surface area contributed by atoms with Gasteiger partial charge in [-0.3, -0.25) is 4.79 Å². The first-order valence-electron chi connectivity index (χ1n) is 4.49. The first-order valence-corrected chi connectivity index (χ1v) is 4.49. The van der Waals surface area contributed by atoms with E-state index in [2.05, 4.69) is 0 Å². The second-order valence-corrected chi connectivity index (χ2v) is 3.23. The molecule has 0 aromatic heterocycles. The van der Waals surface area contributed by atoms with E-state index in [1.54, 1.807) is 6.92 Å². The third-order valence-electron chi connectivity index (χ3n) is 1.91. The highest BCUT2D eigenvalue weighted by Crippen LogP contribution is 2.05. The highest BCUT2D eigenvalue weighted by atomic mass is 16.1. The number of hydrogen-bond donors (Lipinski definition) is 1. The van der Waals surface area contributed by atoms with Gasteiger partial charge < -0.3 is 5.73 Å². The van der Waals surface area contributed by atoms with Crippen molar-refractivity contribution in [2.24, 2.45) is 5.73 Å². The second kappa shape index (κ2) is 4.77. The van der Waals surface area contributed by atoms with Crippen LogP contribution in [0.25, 0.3) is 0 Å². The molecule has 2 N–H and O–H groups in total. The minimum Gasteiger partial charge on any atom is -0.330 e. The fraction of sp³-hybridized carbons (Fsp3) is 0.364. The van der Waals surface area contributed by atoms with E-state index in [0.29, 0.717) is 13.0 Å². The highest BCUT2D eigenvalue weighted by molar-refractivity contribution is 5.78. The summed E-state index contributed by atoms with van der Waals surface area (Å²) in [5.41, 5.74) is 7.73. The number of benzene rings is 1. The van der Waals surface area contributed by atoms with Crippen LogP contribution in [0.3, 0.4) is 0 Å². The summed E-state index contributed by atoms with van der Waals surface area (Å²) in [7, 11) is 0. The molecule has 0 bridgehead atoms. The highest BCUT2D eigenvalue weighted by Gasteiger charge is 1.97. The van der Waals surface area contributed by atoms with Crippen LogP contribution < -0.4 is 5.73 Å². The molecule has 0 fully saturated rings. The van der Waals surface area contributed by atoms with Crippen molar-refractivity contribution in [3.63, 3.8) is 0 Å². The number of hydrogen-bond acceptors (Lipinski definition) is 2. The van der Waals surface area contributed by atoms with Gasteiger partial charge in [-0.05, 0) is 31.0 Å². The maximum absolute atomic E-state index is 10.8. The smallest absolute Gasteiger partial charge is 0.134 e. The normalized spacial score (nSPS) is 10.0. The molecule has 0 aliphatic heterocycles. The van der Waals surface area contributed by atoms with Crippen molar-refractivity contribution < 1.29 is 4.79 Å². The molecule has 0 unspecified atom stereocenters. The predicted molar refractivity (Wildman–Crippen MR) is 53.6 cm³/mol. The molecule has 0 saturated heterocycles. The van der Waals surface area contributed by atoms with Gasteiger partial charge in [0.2, 0.25) is 0 Å². The number of Topliss-reactive ketones (excluding diaryl/α,β-unsaturated/α-hetero) is 1. The zero-order valence-electron chi connectivity index (χ0n) is 7.92. The van der Waals surface area contributed by atoms with Gasteiger partial charge in [-0.25, -0.2) is 0 Å². The van der Waals surface area contributed by atoms with Gasteiger partial charge >= 0.3 is 0 Å². The molecular formula is C11H15NO. The van der Waals surface area contributed by atoms with E-state index in [-0.39, 0.29) is 5.78 Å². The van der Waals surface area contributed by atoms with E-state index in [4.69, 9.17) is 5.73 Å². The van der Waals surface area contributed by atoms with E-state index < -0.39 is 0 Å². The van der Waals surface area contributed by atoms with Crippen LogP contribution in [-0.2, 0) is 17.6 Å². The Hall–Kier alpha value is -1.15. The number of nitrogens with two attached hydrogens (primary N) is 1. The van der Waals surface area contributed by atoms with Crippen LogP contribution in [-0.4, -0.2) is 12.3 Å². The van der Waals surface area contributed by atoms with E-state index >= 15 is 0 Å². The summed E-state index contributed by atoms with van der Waals surface area (Å²) in [6.45, 7) is 2.28. The predicted octanol–water partition coefficient (Wildman–Crippen LogP) is 1.32. The molecule has 0 aliphatic rings. The van der Waals surface area contributed by atoms with Gasteiger partial charge in [-0.2, -0.15) is 0 Å². The average molecular weight is 177 g/mol. The zero-order valence-corrected chi connectivity index (χ0v) is 7.92. The third-order valence-corrected chi connectivity index (χ3v) is 1.91. The Morgan fingerprint density at radius 3 is 2.23 bits per heavy atom. The molecule has 0 radical (unpaired) electrons. The molecule has 0 amide bonds. The van der Waals surface area contributed by atoms with E-state index in [0.717, 1.165) is 12.0 Å². The summed E-state index contributed by atoms with van der Waals surface area (Å²) in [5, 5.41) is 0. The van der Waals surface area contributed by atoms with Gasteiger partial charge in [-0.1, -0.05) is 24.3 Å². The molecule has 0 spiro atoms. The van der Waals surface area contributed by atoms with Crippen molar-refractivity contribution in [1.29, 1.82) is 0 Å². The third kappa shape index (κ3) is 3.38. The Morgan fingerprint density at radius 1 is 1.23 bits per heavy atom. The number of carbonyl (C=O) groups is 1. The molecule has 0 atom stereocenters. The van der Waals surface area contributed by atoms with Gasteiger partial charge in [0.25, 0.3) is 0 Å². The number of ketones is 1. The van der Waals surface area contributed by atoms with E-state index in [1.165, 1.54) is 5.56 Å². The van der Waals surface area contributed by atoms with Crippen LogP contribution >= 0.6 is 0 Å². The Labute approximate surface area is 78.8 Å². The van der Waals surface area contributed by atoms with Crippen LogP contribution in [0.2, 0.25) is 0 Å². The van der Waals surface area contributed by atoms with E-state index in [1.807, 2.05) is 24.3 Å². The summed E-state index contributed by atoms with van der Waals surface area (Å²) >= 11 is 0. The molecule has 1 aromatic carbocycles. The number of carbonyl (C=O) groups excluding carboxylic acids is 1. The van der Waals surface area contributed by atoms with Gasteiger partial charge in [-0.15, -0.1) is 0 Å². The lowest BCUT2D eigenvalue weighted by atomic mass is 10.1. The molecular weight excluding hydrogens is 162 g/mol. The monoisotopic (exact) mass is 177 g/mol. The largest absolute Gasteiger partial charge is 0.330 e. The fourth-order valence-electron chi connectivity index (χ4n) is 1.28. The van der Waals surface area contributed by atoms with Crippen molar-refractivity contribution in [3.8, 4) is 0 Å².